The molecular formula is C9H20N2S. The Morgan fingerprint density at radius 2 is 2.17 bits per heavy atom. The minimum atomic E-state index is 0.821. The Bertz CT molecular complexity index is 124. The first-order valence-electron chi connectivity index (χ1n) is 4.59. The van der Waals surface area contributed by atoms with Crippen LogP contribution in [0.3, 0.4) is 0 Å². The minimum Gasteiger partial charge on any atom is -0.387 e. The van der Waals surface area contributed by atoms with E-state index in [1.165, 1.54) is 18.6 Å². The van der Waals surface area contributed by atoms with Gasteiger partial charge < -0.3 is 5.73 Å². The third-order valence-corrected chi connectivity index (χ3v) is 2.27. The van der Waals surface area contributed by atoms with Crippen molar-refractivity contribution < 1.29 is 0 Å². The summed E-state index contributed by atoms with van der Waals surface area (Å²) in [5, 5.41) is 0. The van der Waals surface area contributed by atoms with E-state index in [0.717, 1.165) is 25.2 Å². The molecule has 0 heterocycles. The van der Waals surface area contributed by atoms with Crippen LogP contribution in [0.4, 0.5) is 0 Å². The SMILES string of the molecule is CCCC(N)=NCCCCSC. The van der Waals surface area contributed by atoms with E-state index < -0.39 is 0 Å². The Kier molecular flexibility index (Phi) is 8.78. The monoisotopic (exact) mass is 188 g/mol. The molecule has 0 aromatic carbocycles. The highest BCUT2D eigenvalue weighted by Crippen LogP contribution is 1.99. The lowest BCUT2D eigenvalue weighted by Gasteiger charge is -1.98. The predicted molar refractivity (Wildman–Crippen MR) is 59.0 cm³/mol. The lowest BCUT2D eigenvalue weighted by molar-refractivity contribution is 0.809. The standard InChI is InChI=1S/C9H20N2S/c1-3-6-9(10)11-7-4-5-8-12-2/h3-8H2,1-2H3,(H2,10,11). The summed E-state index contributed by atoms with van der Waals surface area (Å²) in [7, 11) is 0. The molecule has 0 unspecified atom stereocenters. The highest BCUT2D eigenvalue weighted by molar-refractivity contribution is 7.98. The summed E-state index contributed by atoms with van der Waals surface area (Å²) in [6.07, 6.45) is 6.60. The molecule has 0 spiro atoms. The van der Waals surface area contributed by atoms with Gasteiger partial charge in [-0.3, -0.25) is 4.99 Å². The largest absolute Gasteiger partial charge is 0.387 e. The summed E-state index contributed by atoms with van der Waals surface area (Å²) < 4.78 is 0. The second-order valence-electron chi connectivity index (χ2n) is 2.82. The molecule has 0 aliphatic rings. The Morgan fingerprint density at radius 1 is 1.42 bits per heavy atom. The van der Waals surface area contributed by atoms with Crippen molar-refractivity contribution in [3.8, 4) is 0 Å². The number of nitrogens with zero attached hydrogens (tertiary/aromatic N) is 1. The maximum atomic E-state index is 5.64. The fraction of sp³-hybridized carbons (Fsp3) is 0.889. The fourth-order valence-corrected chi connectivity index (χ4v) is 1.41. The van der Waals surface area contributed by atoms with Crippen LogP contribution in [0, 0.1) is 0 Å². The van der Waals surface area contributed by atoms with Gasteiger partial charge in [0.2, 0.25) is 0 Å². The van der Waals surface area contributed by atoms with Gasteiger partial charge in [0.05, 0.1) is 5.84 Å². The smallest absolute Gasteiger partial charge is 0.0936 e. The van der Waals surface area contributed by atoms with Crippen molar-refractivity contribution in [1.29, 1.82) is 0 Å². The summed E-state index contributed by atoms with van der Waals surface area (Å²) in [4.78, 5) is 4.27. The van der Waals surface area contributed by atoms with E-state index in [0.29, 0.717) is 0 Å². The lowest BCUT2D eigenvalue weighted by Crippen LogP contribution is -2.11. The van der Waals surface area contributed by atoms with Gasteiger partial charge >= 0.3 is 0 Å². The molecule has 72 valence electrons. The van der Waals surface area contributed by atoms with Gasteiger partial charge in [0.25, 0.3) is 0 Å². The zero-order valence-corrected chi connectivity index (χ0v) is 8.99. The second-order valence-corrected chi connectivity index (χ2v) is 3.81. The van der Waals surface area contributed by atoms with Gasteiger partial charge in [-0.15, -0.1) is 0 Å². The number of rotatable bonds is 7. The average molecular weight is 188 g/mol. The highest BCUT2D eigenvalue weighted by Gasteiger charge is 1.89. The maximum Gasteiger partial charge on any atom is 0.0936 e. The first kappa shape index (κ1) is 11.8. The molecule has 0 atom stereocenters. The number of hydrogen-bond donors (Lipinski definition) is 1. The van der Waals surface area contributed by atoms with Crippen molar-refractivity contribution >= 4 is 17.6 Å². The van der Waals surface area contributed by atoms with Crippen LogP contribution in [0.5, 0.6) is 0 Å². The van der Waals surface area contributed by atoms with Crippen LogP contribution in [0.25, 0.3) is 0 Å². The van der Waals surface area contributed by atoms with Crippen LogP contribution in [0.15, 0.2) is 4.99 Å². The van der Waals surface area contributed by atoms with Crippen molar-refractivity contribution in [3.05, 3.63) is 0 Å². The summed E-state index contributed by atoms with van der Waals surface area (Å²) in [5.41, 5.74) is 5.64. The van der Waals surface area contributed by atoms with Gasteiger partial charge in [-0.05, 0) is 31.3 Å². The number of unbranched alkanes of at least 4 members (excludes halogenated alkanes) is 1. The van der Waals surface area contributed by atoms with E-state index in [2.05, 4.69) is 18.2 Å². The molecule has 0 bridgehead atoms. The first-order chi connectivity index (χ1) is 5.81. The molecule has 2 nitrogen and oxygen atoms in total. The predicted octanol–water partition coefficient (Wildman–Crippen LogP) is 2.29. The molecule has 0 aliphatic heterocycles. The molecule has 0 saturated carbocycles. The van der Waals surface area contributed by atoms with Crippen molar-refractivity contribution in [3.63, 3.8) is 0 Å². The van der Waals surface area contributed by atoms with Crippen LogP contribution in [0.1, 0.15) is 32.6 Å². The van der Waals surface area contributed by atoms with Crippen LogP contribution < -0.4 is 5.73 Å². The van der Waals surface area contributed by atoms with Gasteiger partial charge in [0, 0.05) is 13.0 Å². The van der Waals surface area contributed by atoms with E-state index in [1.807, 2.05) is 11.8 Å². The maximum absolute atomic E-state index is 5.64. The zero-order valence-electron chi connectivity index (χ0n) is 8.18. The number of thioether (sulfide) groups is 1. The molecule has 3 heteroatoms. The first-order valence-corrected chi connectivity index (χ1v) is 5.98. The quantitative estimate of drug-likeness (QED) is 0.378. The van der Waals surface area contributed by atoms with E-state index >= 15 is 0 Å². The van der Waals surface area contributed by atoms with Crippen molar-refractivity contribution in [1.82, 2.24) is 0 Å². The second kappa shape index (κ2) is 8.91. The molecule has 0 aromatic rings. The molecule has 0 rings (SSSR count). The van der Waals surface area contributed by atoms with Crippen LogP contribution in [-0.2, 0) is 0 Å². The average Bonchev–Trinajstić information content (AvgIpc) is 2.05. The van der Waals surface area contributed by atoms with Gasteiger partial charge in [-0.25, -0.2) is 0 Å². The third kappa shape index (κ3) is 7.92. The summed E-state index contributed by atoms with van der Waals surface area (Å²) in [5.74, 6) is 2.06. The Labute approximate surface area is 80.0 Å². The highest BCUT2D eigenvalue weighted by atomic mass is 32.2. The summed E-state index contributed by atoms with van der Waals surface area (Å²) in [6.45, 7) is 3.03. The molecule has 0 amide bonds. The van der Waals surface area contributed by atoms with Crippen molar-refractivity contribution in [2.75, 3.05) is 18.6 Å². The zero-order chi connectivity index (χ0) is 9.23. The van der Waals surface area contributed by atoms with E-state index in [-0.39, 0.29) is 0 Å². The topological polar surface area (TPSA) is 38.4 Å². The molecule has 0 fully saturated rings. The van der Waals surface area contributed by atoms with Crippen LogP contribution >= 0.6 is 11.8 Å². The Morgan fingerprint density at radius 3 is 2.75 bits per heavy atom. The van der Waals surface area contributed by atoms with Crippen molar-refractivity contribution in [2.45, 2.75) is 32.6 Å². The molecule has 0 aromatic heterocycles. The Balaban J connectivity index is 3.21. The lowest BCUT2D eigenvalue weighted by atomic mass is 10.3. The third-order valence-electron chi connectivity index (χ3n) is 1.58. The minimum absolute atomic E-state index is 0.821. The molecular weight excluding hydrogens is 168 g/mol. The van der Waals surface area contributed by atoms with Gasteiger partial charge in [-0.2, -0.15) is 11.8 Å². The number of nitrogens with two attached hydrogens (primary N) is 1. The summed E-state index contributed by atoms with van der Waals surface area (Å²) in [6, 6.07) is 0. The van der Waals surface area contributed by atoms with Crippen LogP contribution in [-0.4, -0.2) is 24.4 Å². The van der Waals surface area contributed by atoms with E-state index in [1.54, 1.807) is 0 Å². The fourth-order valence-electron chi connectivity index (χ4n) is 0.916. The number of aliphatic imine (C=N–C) groups is 1. The molecule has 0 aliphatic carbocycles. The van der Waals surface area contributed by atoms with Gasteiger partial charge in [-0.1, -0.05) is 6.92 Å². The van der Waals surface area contributed by atoms with Gasteiger partial charge in [0.15, 0.2) is 0 Å². The van der Waals surface area contributed by atoms with Gasteiger partial charge in [0.1, 0.15) is 0 Å². The molecule has 0 saturated heterocycles. The number of hydrogen-bond acceptors (Lipinski definition) is 2. The van der Waals surface area contributed by atoms with Crippen LogP contribution in [0.2, 0.25) is 0 Å². The Hall–Kier alpha value is -0.180. The van der Waals surface area contributed by atoms with E-state index in [9.17, 15) is 0 Å². The number of amidine groups is 1. The molecule has 12 heavy (non-hydrogen) atoms. The normalized spacial score (nSPS) is 12.0. The molecule has 0 radical (unpaired) electrons. The summed E-state index contributed by atoms with van der Waals surface area (Å²) >= 11 is 1.89. The van der Waals surface area contributed by atoms with Crippen molar-refractivity contribution in [2.24, 2.45) is 10.7 Å². The molecule has 2 N–H and O–H groups in total. The van der Waals surface area contributed by atoms with E-state index in [4.69, 9.17) is 5.73 Å².